The highest BCUT2D eigenvalue weighted by Crippen LogP contribution is 2.27. The fraction of sp³-hybridized carbons (Fsp3) is 1.00. The van der Waals surface area contributed by atoms with Crippen molar-refractivity contribution in [1.29, 1.82) is 0 Å². The number of aliphatic hydroxyl groups excluding tert-OH is 7. The Morgan fingerprint density at radius 3 is 1.57 bits per heavy atom. The van der Waals surface area contributed by atoms with Crippen LogP contribution < -0.4 is 5.73 Å². The van der Waals surface area contributed by atoms with E-state index in [-0.39, 0.29) is 6.54 Å². The molecule has 2 fully saturated rings. The Morgan fingerprint density at radius 2 is 1.13 bits per heavy atom. The molecule has 0 saturated carbocycles. The minimum absolute atomic E-state index is 0.167. The van der Waals surface area contributed by atoms with Crippen LogP contribution in [0.2, 0.25) is 0 Å². The average Bonchev–Trinajstić information content (AvgIpc) is 2.55. The fourth-order valence-electron chi connectivity index (χ4n) is 2.54. The minimum atomic E-state index is -1.69. The van der Waals surface area contributed by atoms with E-state index in [1.807, 2.05) is 0 Å². The monoisotopic (exact) mass is 341 g/mol. The van der Waals surface area contributed by atoms with Crippen molar-refractivity contribution < 1.29 is 50.0 Å². The molecule has 2 aliphatic heterocycles. The molecule has 0 amide bonds. The van der Waals surface area contributed by atoms with Crippen molar-refractivity contribution in [2.45, 2.75) is 61.4 Å². The summed E-state index contributed by atoms with van der Waals surface area (Å²) in [4.78, 5) is 0. The Labute approximate surface area is 131 Å². The number of hydrogen-bond donors (Lipinski definition) is 8. The van der Waals surface area contributed by atoms with Gasteiger partial charge in [0.15, 0.2) is 12.6 Å². The zero-order valence-electron chi connectivity index (χ0n) is 12.1. The molecule has 2 saturated heterocycles. The lowest BCUT2D eigenvalue weighted by atomic mass is 9.98. The second-order valence-corrected chi connectivity index (χ2v) is 5.58. The van der Waals surface area contributed by atoms with Gasteiger partial charge in [0.2, 0.25) is 0 Å². The molecule has 0 unspecified atom stereocenters. The van der Waals surface area contributed by atoms with E-state index in [1.165, 1.54) is 0 Å². The van der Waals surface area contributed by atoms with Crippen molar-refractivity contribution >= 4 is 0 Å². The maximum atomic E-state index is 9.88. The van der Waals surface area contributed by atoms with Gasteiger partial charge < -0.3 is 55.7 Å². The molecule has 2 aliphatic rings. The molecule has 10 atom stereocenters. The molecule has 9 N–H and O–H groups in total. The third kappa shape index (κ3) is 3.65. The average molecular weight is 341 g/mol. The van der Waals surface area contributed by atoms with E-state index >= 15 is 0 Å². The lowest BCUT2D eigenvalue weighted by Gasteiger charge is -2.44. The van der Waals surface area contributed by atoms with Gasteiger partial charge in [0.05, 0.1) is 6.61 Å². The van der Waals surface area contributed by atoms with Gasteiger partial charge >= 0.3 is 0 Å². The summed E-state index contributed by atoms with van der Waals surface area (Å²) in [5.41, 5.74) is 5.39. The van der Waals surface area contributed by atoms with E-state index in [4.69, 9.17) is 25.1 Å². The third-order valence-electron chi connectivity index (χ3n) is 4.02. The van der Waals surface area contributed by atoms with Crippen LogP contribution in [-0.4, -0.2) is 110 Å². The smallest absolute Gasteiger partial charge is 0.189 e. The quantitative estimate of drug-likeness (QED) is 0.243. The first-order chi connectivity index (χ1) is 10.8. The standard InChI is InChI=1S/C12H23NO10/c13-1-3-5(15)7(17)9(19)11(21-3)23-12-10(20)8(18)6(16)4(2-14)22-12/h3-12,14-20H,1-2,13H2/t3-,4-,5+,6-,7-,8+,9+,10-,11+,12-/m1/s1. The van der Waals surface area contributed by atoms with E-state index in [1.54, 1.807) is 0 Å². The molecular formula is C12H23NO10. The highest BCUT2D eigenvalue weighted by molar-refractivity contribution is 4.92. The topological polar surface area (TPSA) is 195 Å². The molecule has 11 nitrogen and oxygen atoms in total. The highest BCUT2D eigenvalue weighted by atomic mass is 16.8. The van der Waals surface area contributed by atoms with Crippen LogP contribution >= 0.6 is 0 Å². The summed E-state index contributed by atoms with van der Waals surface area (Å²) < 4.78 is 15.5. The normalized spacial score (nSPS) is 51.7. The SMILES string of the molecule is NC[C@H]1O[C@@H](O[C@H]2O[C@H](CO)[C@@H](O)[C@H](O)[C@H]2O)[C@@H](O)[C@H](O)[C@H]1O. The predicted octanol–water partition coefficient (Wildman–Crippen LogP) is -5.43. The molecule has 0 aromatic rings. The summed E-state index contributed by atoms with van der Waals surface area (Å²) in [5, 5.41) is 67.6. The summed E-state index contributed by atoms with van der Waals surface area (Å²) >= 11 is 0. The summed E-state index contributed by atoms with van der Waals surface area (Å²) in [5.74, 6) is 0. The van der Waals surface area contributed by atoms with Gasteiger partial charge in [0.1, 0.15) is 48.8 Å². The van der Waals surface area contributed by atoms with Crippen molar-refractivity contribution in [3.05, 3.63) is 0 Å². The maximum absolute atomic E-state index is 9.88. The maximum Gasteiger partial charge on any atom is 0.189 e. The molecule has 0 spiro atoms. The van der Waals surface area contributed by atoms with Gasteiger partial charge in [-0.3, -0.25) is 0 Å². The van der Waals surface area contributed by atoms with E-state index in [2.05, 4.69) is 0 Å². The molecular weight excluding hydrogens is 318 g/mol. The molecule has 0 radical (unpaired) electrons. The Kier molecular flexibility index (Phi) is 6.27. The van der Waals surface area contributed by atoms with E-state index < -0.39 is 68.0 Å². The van der Waals surface area contributed by atoms with Crippen molar-refractivity contribution in [3.8, 4) is 0 Å². The van der Waals surface area contributed by atoms with Crippen molar-refractivity contribution in [2.24, 2.45) is 5.73 Å². The van der Waals surface area contributed by atoms with E-state index in [0.717, 1.165) is 0 Å². The van der Waals surface area contributed by atoms with Crippen LogP contribution in [0, 0.1) is 0 Å². The molecule has 136 valence electrons. The van der Waals surface area contributed by atoms with Crippen molar-refractivity contribution in [1.82, 2.24) is 0 Å². The lowest BCUT2D eigenvalue weighted by Crippen LogP contribution is -2.64. The first kappa shape index (κ1) is 18.9. The van der Waals surface area contributed by atoms with Crippen LogP contribution in [-0.2, 0) is 14.2 Å². The minimum Gasteiger partial charge on any atom is -0.394 e. The Hall–Kier alpha value is -0.440. The number of nitrogens with two attached hydrogens (primary N) is 1. The zero-order valence-corrected chi connectivity index (χ0v) is 12.1. The molecule has 2 rings (SSSR count). The molecule has 23 heavy (non-hydrogen) atoms. The third-order valence-corrected chi connectivity index (χ3v) is 4.02. The largest absolute Gasteiger partial charge is 0.394 e. The van der Waals surface area contributed by atoms with Gasteiger partial charge in [0, 0.05) is 6.54 Å². The second kappa shape index (κ2) is 7.63. The summed E-state index contributed by atoms with van der Waals surface area (Å²) in [6.07, 6.45) is -14.9. The van der Waals surface area contributed by atoms with Gasteiger partial charge in [-0.25, -0.2) is 0 Å². The Morgan fingerprint density at radius 1 is 0.696 bits per heavy atom. The van der Waals surface area contributed by atoms with Crippen LogP contribution in [0.3, 0.4) is 0 Å². The zero-order chi connectivity index (χ0) is 17.3. The number of hydrogen-bond acceptors (Lipinski definition) is 11. The van der Waals surface area contributed by atoms with Gasteiger partial charge in [-0.05, 0) is 0 Å². The Balaban J connectivity index is 2.07. The molecule has 0 bridgehead atoms. The van der Waals surface area contributed by atoms with Crippen molar-refractivity contribution in [2.75, 3.05) is 13.2 Å². The Bertz CT molecular complexity index is 349. The van der Waals surface area contributed by atoms with Crippen LogP contribution in [0.25, 0.3) is 0 Å². The van der Waals surface area contributed by atoms with Crippen LogP contribution in [0.5, 0.6) is 0 Å². The summed E-state index contributed by atoms with van der Waals surface area (Å²) in [7, 11) is 0. The van der Waals surface area contributed by atoms with Gasteiger partial charge in [0.25, 0.3) is 0 Å². The second-order valence-electron chi connectivity index (χ2n) is 5.58. The molecule has 2 heterocycles. The van der Waals surface area contributed by atoms with Gasteiger partial charge in [-0.2, -0.15) is 0 Å². The predicted molar refractivity (Wildman–Crippen MR) is 70.6 cm³/mol. The lowest BCUT2D eigenvalue weighted by molar-refractivity contribution is -0.374. The fourth-order valence-corrected chi connectivity index (χ4v) is 2.54. The number of aliphatic hydroxyl groups is 7. The summed E-state index contributed by atoms with van der Waals surface area (Å²) in [6.45, 7) is -0.814. The first-order valence-electron chi connectivity index (χ1n) is 7.17. The van der Waals surface area contributed by atoms with E-state index in [0.29, 0.717) is 0 Å². The first-order valence-corrected chi connectivity index (χ1v) is 7.17. The van der Waals surface area contributed by atoms with Gasteiger partial charge in [-0.1, -0.05) is 0 Å². The van der Waals surface area contributed by atoms with Crippen LogP contribution in [0.1, 0.15) is 0 Å². The van der Waals surface area contributed by atoms with E-state index in [9.17, 15) is 30.6 Å². The molecule has 0 aromatic heterocycles. The van der Waals surface area contributed by atoms with Gasteiger partial charge in [-0.15, -0.1) is 0 Å². The van der Waals surface area contributed by atoms with Crippen LogP contribution in [0.4, 0.5) is 0 Å². The van der Waals surface area contributed by atoms with Crippen molar-refractivity contribution in [3.63, 3.8) is 0 Å². The highest BCUT2D eigenvalue weighted by Gasteiger charge is 2.49. The number of rotatable bonds is 4. The molecule has 0 aliphatic carbocycles. The number of ether oxygens (including phenoxy) is 3. The molecule has 0 aromatic carbocycles. The van der Waals surface area contributed by atoms with Crippen LogP contribution in [0.15, 0.2) is 0 Å². The molecule has 11 heteroatoms. The summed E-state index contributed by atoms with van der Waals surface area (Å²) in [6, 6.07) is 0.